The summed E-state index contributed by atoms with van der Waals surface area (Å²) in [7, 11) is -2.92. The Morgan fingerprint density at radius 1 is 1.56 bits per heavy atom. The van der Waals surface area contributed by atoms with E-state index in [0.29, 0.717) is 17.4 Å². The Morgan fingerprint density at radius 2 is 2.28 bits per heavy atom. The number of halogens is 2. The smallest absolute Gasteiger partial charge is 0.154 e. The second-order valence-electron chi connectivity index (χ2n) is 4.42. The fourth-order valence-electron chi connectivity index (χ4n) is 2.07. The van der Waals surface area contributed by atoms with Gasteiger partial charge in [-0.3, -0.25) is 0 Å². The number of aromatic nitrogens is 1. The molecule has 0 spiro atoms. The highest BCUT2D eigenvalue weighted by Gasteiger charge is 2.29. The van der Waals surface area contributed by atoms with E-state index >= 15 is 0 Å². The molecular formula is C11H14Cl2N2O2S. The van der Waals surface area contributed by atoms with E-state index in [1.54, 1.807) is 6.20 Å². The second kappa shape index (κ2) is 5.23. The van der Waals surface area contributed by atoms with Crippen molar-refractivity contribution in [1.29, 1.82) is 0 Å². The summed E-state index contributed by atoms with van der Waals surface area (Å²) in [6, 6.07) is 1.74. The van der Waals surface area contributed by atoms with Crippen molar-refractivity contribution in [1.82, 2.24) is 4.98 Å². The lowest BCUT2D eigenvalue weighted by atomic mass is 10.2. The van der Waals surface area contributed by atoms with Crippen LogP contribution >= 0.6 is 23.2 Å². The van der Waals surface area contributed by atoms with Gasteiger partial charge >= 0.3 is 0 Å². The average molecular weight is 309 g/mol. The average Bonchev–Trinajstić information content (AvgIpc) is 2.29. The van der Waals surface area contributed by atoms with Crippen LogP contribution < -0.4 is 4.90 Å². The number of hydrogen-bond donors (Lipinski definition) is 0. The standard InChI is InChI=1S/C11H14Cl2N2O2S/c1-8-7-18(16,17)3-2-15(8)11-4-9(5-12)10(13)6-14-11/h4,6,8H,2-3,5,7H2,1H3. The number of rotatable bonds is 2. The van der Waals surface area contributed by atoms with Crippen LogP contribution in [0.1, 0.15) is 12.5 Å². The maximum absolute atomic E-state index is 11.5. The Bertz CT molecular complexity index is 548. The molecule has 2 heterocycles. The van der Waals surface area contributed by atoms with Gasteiger partial charge in [0.05, 0.1) is 16.5 Å². The van der Waals surface area contributed by atoms with Gasteiger partial charge in [-0.2, -0.15) is 0 Å². The molecule has 4 nitrogen and oxygen atoms in total. The Morgan fingerprint density at radius 3 is 2.89 bits per heavy atom. The molecule has 0 aliphatic carbocycles. The Labute approximate surface area is 117 Å². The van der Waals surface area contributed by atoms with Crippen molar-refractivity contribution in [3.63, 3.8) is 0 Å². The molecule has 100 valence electrons. The summed E-state index contributed by atoms with van der Waals surface area (Å²) in [5.41, 5.74) is 0.809. The molecule has 1 aromatic rings. The quantitative estimate of drug-likeness (QED) is 0.785. The third-order valence-electron chi connectivity index (χ3n) is 3.03. The van der Waals surface area contributed by atoms with Gasteiger partial charge in [-0.1, -0.05) is 11.6 Å². The van der Waals surface area contributed by atoms with E-state index in [2.05, 4.69) is 4.98 Å². The van der Waals surface area contributed by atoms with Crippen LogP contribution in [0.4, 0.5) is 5.82 Å². The minimum absolute atomic E-state index is 0.0828. The van der Waals surface area contributed by atoms with Gasteiger partial charge in [0.15, 0.2) is 9.84 Å². The Balaban J connectivity index is 2.27. The molecule has 0 saturated carbocycles. The predicted molar refractivity (Wildman–Crippen MR) is 74.3 cm³/mol. The van der Waals surface area contributed by atoms with E-state index in [1.807, 2.05) is 17.9 Å². The lowest BCUT2D eigenvalue weighted by molar-refractivity contribution is 0.567. The van der Waals surface area contributed by atoms with E-state index in [0.717, 1.165) is 11.4 Å². The van der Waals surface area contributed by atoms with E-state index in [9.17, 15) is 8.42 Å². The topological polar surface area (TPSA) is 50.3 Å². The first kappa shape index (κ1) is 13.9. The Hall–Kier alpha value is -0.520. The minimum Gasteiger partial charge on any atom is -0.352 e. The molecule has 1 aromatic heterocycles. The van der Waals surface area contributed by atoms with E-state index < -0.39 is 9.84 Å². The number of alkyl halides is 1. The van der Waals surface area contributed by atoms with Crippen LogP contribution in [0.2, 0.25) is 5.02 Å². The van der Waals surface area contributed by atoms with Gasteiger partial charge in [0.2, 0.25) is 0 Å². The summed E-state index contributed by atoms with van der Waals surface area (Å²) in [6.07, 6.45) is 1.56. The highest BCUT2D eigenvalue weighted by Crippen LogP contribution is 2.25. The lowest BCUT2D eigenvalue weighted by Crippen LogP contribution is -2.47. The first-order valence-corrected chi connectivity index (χ1v) is 8.34. The molecule has 1 atom stereocenters. The zero-order valence-corrected chi connectivity index (χ0v) is 12.3. The molecule has 0 bridgehead atoms. The summed E-state index contributed by atoms with van der Waals surface area (Å²) in [4.78, 5) is 6.23. The SMILES string of the molecule is CC1CS(=O)(=O)CCN1c1cc(CCl)c(Cl)cn1. The van der Waals surface area contributed by atoms with Crippen LogP contribution in [0.25, 0.3) is 0 Å². The summed E-state index contributed by atoms with van der Waals surface area (Å²) in [5, 5.41) is 0.533. The number of pyridine rings is 1. The largest absolute Gasteiger partial charge is 0.352 e. The van der Waals surface area contributed by atoms with Crippen molar-refractivity contribution in [2.45, 2.75) is 18.8 Å². The molecule has 1 aliphatic heterocycles. The third kappa shape index (κ3) is 2.90. The van der Waals surface area contributed by atoms with Gasteiger partial charge in [0, 0.05) is 24.7 Å². The molecule has 1 fully saturated rings. The molecule has 7 heteroatoms. The van der Waals surface area contributed by atoms with Crippen molar-refractivity contribution < 1.29 is 8.42 Å². The summed E-state index contributed by atoms with van der Waals surface area (Å²) < 4.78 is 23.1. The van der Waals surface area contributed by atoms with Gasteiger partial charge in [0.25, 0.3) is 0 Å². The summed E-state index contributed by atoms with van der Waals surface area (Å²) in [6.45, 7) is 2.34. The van der Waals surface area contributed by atoms with Gasteiger partial charge in [0.1, 0.15) is 5.82 Å². The zero-order valence-electron chi connectivity index (χ0n) is 9.94. The fourth-order valence-corrected chi connectivity index (χ4v) is 4.08. The zero-order chi connectivity index (χ0) is 13.3. The lowest BCUT2D eigenvalue weighted by Gasteiger charge is -2.34. The molecular weight excluding hydrogens is 295 g/mol. The number of sulfone groups is 1. The second-order valence-corrected chi connectivity index (χ2v) is 7.33. The van der Waals surface area contributed by atoms with Crippen LogP contribution in [-0.4, -0.2) is 37.5 Å². The summed E-state index contributed by atoms with van der Waals surface area (Å²) >= 11 is 11.8. The van der Waals surface area contributed by atoms with E-state index in [1.165, 1.54) is 0 Å². The highest BCUT2D eigenvalue weighted by molar-refractivity contribution is 7.91. The number of nitrogens with zero attached hydrogens (tertiary/aromatic N) is 2. The predicted octanol–water partition coefficient (Wildman–Crippen LogP) is 2.10. The fraction of sp³-hybridized carbons (Fsp3) is 0.545. The number of hydrogen-bond acceptors (Lipinski definition) is 4. The van der Waals surface area contributed by atoms with Crippen molar-refractivity contribution in [2.75, 3.05) is 23.0 Å². The normalized spacial score (nSPS) is 23.1. The van der Waals surface area contributed by atoms with Gasteiger partial charge in [-0.25, -0.2) is 13.4 Å². The maximum Gasteiger partial charge on any atom is 0.154 e. The molecule has 0 aromatic carbocycles. The van der Waals surface area contributed by atoms with Crippen molar-refractivity contribution in [3.8, 4) is 0 Å². The van der Waals surface area contributed by atoms with Crippen molar-refractivity contribution in [3.05, 3.63) is 22.8 Å². The highest BCUT2D eigenvalue weighted by atomic mass is 35.5. The van der Waals surface area contributed by atoms with Crippen LogP contribution in [0.3, 0.4) is 0 Å². The molecule has 2 rings (SSSR count). The van der Waals surface area contributed by atoms with E-state index in [-0.39, 0.29) is 17.5 Å². The summed E-state index contributed by atoms with van der Waals surface area (Å²) in [5.74, 6) is 1.37. The first-order chi connectivity index (χ1) is 8.43. The molecule has 0 N–H and O–H groups in total. The molecule has 0 amide bonds. The van der Waals surface area contributed by atoms with Gasteiger partial charge < -0.3 is 4.90 Å². The van der Waals surface area contributed by atoms with Crippen LogP contribution in [0.15, 0.2) is 12.3 Å². The molecule has 0 radical (unpaired) electrons. The van der Waals surface area contributed by atoms with E-state index in [4.69, 9.17) is 23.2 Å². The van der Waals surface area contributed by atoms with Gasteiger partial charge in [-0.05, 0) is 18.6 Å². The minimum atomic E-state index is -2.92. The third-order valence-corrected chi connectivity index (χ3v) is 5.45. The molecule has 1 saturated heterocycles. The van der Waals surface area contributed by atoms with Crippen LogP contribution in [-0.2, 0) is 15.7 Å². The first-order valence-electron chi connectivity index (χ1n) is 5.60. The molecule has 1 aliphatic rings. The van der Waals surface area contributed by atoms with Crippen molar-refractivity contribution >= 4 is 38.9 Å². The Kier molecular flexibility index (Phi) is 4.04. The van der Waals surface area contributed by atoms with Crippen LogP contribution in [0.5, 0.6) is 0 Å². The monoisotopic (exact) mass is 308 g/mol. The molecule has 1 unspecified atom stereocenters. The van der Waals surface area contributed by atoms with Crippen molar-refractivity contribution in [2.24, 2.45) is 0 Å². The maximum atomic E-state index is 11.5. The van der Waals surface area contributed by atoms with Gasteiger partial charge in [-0.15, -0.1) is 11.6 Å². The molecule has 18 heavy (non-hydrogen) atoms. The van der Waals surface area contributed by atoms with Crippen LogP contribution in [0, 0.1) is 0 Å². The number of anilines is 1.